The van der Waals surface area contributed by atoms with Crippen molar-refractivity contribution < 1.29 is 9.53 Å². The molecule has 1 amide bonds. The average Bonchev–Trinajstić information content (AvgIpc) is 3.28. The van der Waals surface area contributed by atoms with Crippen LogP contribution in [0.15, 0.2) is 43.5 Å². The van der Waals surface area contributed by atoms with Crippen molar-refractivity contribution in [3.63, 3.8) is 0 Å². The van der Waals surface area contributed by atoms with Crippen LogP contribution in [0.25, 0.3) is 0 Å². The Bertz CT molecular complexity index is 861. The lowest BCUT2D eigenvalue weighted by Crippen LogP contribution is -2.44. The molecule has 0 bridgehead atoms. The van der Waals surface area contributed by atoms with Gasteiger partial charge in [0, 0.05) is 29.7 Å². The zero-order chi connectivity index (χ0) is 19.4. The van der Waals surface area contributed by atoms with Crippen LogP contribution in [0.2, 0.25) is 10.0 Å². The van der Waals surface area contributed by atoms with E-state index in [0.717, 1.165) is 0 Å². The summed E-state index contributed by atoms with van der Waals surface area (Å²) in [6.07, 6.45) is 5.32. The number of hydrogen-bond donors (Lipinski definition) is 0. The van der Waals surface area contributed by atoms with Crippen LogP contribution in [0.4, 0.5) is 4.79 Å². The molecule has 0 N–H and O–H groups in total. The Balaban J connectivity index is 2.13. The molecule has 0 aliphatic carbocycles. The van der Waals surface area contributed by atoms with Gasteiger partial charge in [0.05, 0.1) is 13.1 Å². The van der Waals surface area contributed by atoms with Gasteiger partial charge >= 0.3 is 6.09 Å². The summed E-state index contributed by atoms with van der Waals surface area (Å²) in [4.78, 5) is 21.8. The van der Waals surface area contributed by atoms with E-state index in [2.05, 4.69) is 20.2 Å². The molecule has 11 heteroatoms. The van der Waals surface area contributed by atoms with E-state index < -0.39 is 11.7 Å². The number of halogens is 2. The molecule has 0 saturated heterocycles. The molecule has 27 heavy (non-hydrogen) atoms. The maximum Gasteiger partial charge on any atom is 0.410 e. The van der Waals surface area contributed by atoms with E-state index in [1.807, 2.05) is 0 Å². The molecule has 0 unspecified atom stereocenters. The normalized spacial score (nSPS) is 11.4. The highest BCUT2D eigenvalue weighted by molar-refractivity contribution is 6.35. The minimum atomic E-state index is -1.23. The van der Waals surface area contributed by atoms with Gasteiger partial charge in [-0.15, -0.1) is 0 Å². The second-order valence-electron chi connectivity index (χ2n) is 6.07. The summed E-state index contributed by atoms with van der Waals surface area (Å²) in [6, 6.07) is 5.00. The molecule has 0 aliphatic heterocycles. The zero-order valence-electron chi connectivity index (χ0n) is 14.7. The predicted octanol–water partition coefficient (Wildman–Crippen LogP) is 2.47. The van der Waals surface area contributed by atoms with Crippen molar-refractivity contribution in [2.45, 2.75) is 18.7 Å². The topological polar surface area (TPSA) is 91.0 Å². The van der Waals surface area contributed by atoms with Gasteiger partial charge in [-0.3, -0.25) is 0 Å². The molecule has 0 spiro atoms. The molecule has 142 valence electrons. The third-order valence-corrected chi connectivity index (χ3v) is 4.39. The van der Waals surface area contributed by atoms with Crippen LogP contribution in [-0.2, 0) is 23.4 Å². The van der Waals surface area contributed by atoms with Crippen molar-refractivity contribution in [2.75, 3.05) is 14.1 Å². The highest BCUT2D eigenvalue weighted by Gasteiger charge is 2.41. The smallest absolute Gasteiger partial charge is 0.410 e. The standard InChI is InChI=1S/C16H17Cl2N7O2/c1-23(2)15(26)27-16(6-24-10-19-8-21-24,7-25-11-20-9-22-25)13-4-3-12(17)5-14(13)18/h3-5,8-11H,6-7H2,1-2H3. The Labute approximate surface area is 165 Å². The third kappa shape index (κ3) is 4.37. The molecule has 0 atom stereocenters. The lowest BCUT2D eigenvalue weighted by atomic mass is 9.93. The Morgan fingerprint density at radius 2 is 1.70 bits per heavy atom. The van der Waals surface area contributed by atoms with Crippen LogP contribution in [0.1, 0.15) is 5.56 Å². The quantitative estimate of drug-likeness (QED) is 0.620. The molecule has 3 aromatic rings. The Morgan fingerprint density at radius 3 is 2.15 bits per heavy atom. The Hall–Kier alpha value is -2.65. The molecule has 9 nitrogen and oxygen atoms in total. The van der Waals surface area contributed by atoms with Crippen molar-refractivity contribution >= 4 is 29.3 Å². The van der Waals surface area contributed by atoms with Crippen molar-refractivity contribution in [3.8, 4) is 0 Å². The first-order valence-electron chi connectivity index (χ1n) is 7.90. The van der Waals surface area contributed by atoms with Crippen LogP contribution in [0.3, 0.4) is 0 Å². The second-order valence-corrected chi connectivity index (χ2v) is 6.91. The maximum atomic E-state index is 12.5. The molecule has 2 aromatic heterocycles. The number of hydrogen-bond acceptors (Lipinski definition) is 6. The van der Waals surface area contributed by atoms with Crippen LogP contribution >= 0.6 is 23.2 Å². The average molecular weight is 410 g/mol. The first-order chi connectivity index (χ1) is 12.9. The van der Waals surface area contributed by atoms with Crippen molar-refractivity contribution in [1.82, 2.24) is 34.4 Å². The summed E-state index contributed by atoms with van der Waals surface area (Å²) >= 11 is 12.5. The number of aromatic nitrogens is 6. The van der Waals surface area contributed by atoms with Crippen molar-refractivity contribution in [1.29, 1.82) is 0 Å². The third-order valence-electron chi connectivity index (χ3n) is 3.84. The fourth-order valence-corrected chi connectivity index (χ4v) is 3.19. The second kappa shape index (κ2) is 7.93. The number of amides is 1. The number of rotatable bonds is 6. The van der Waals surface area contributed by atoms with Gasteiger partial charge < -0.3 is 9.64 Å². The van der Waals surface area contributed by atoms with Gasteiger partial charge in [-0.05, 0) is 12.1 Å². The lowest BCUT2D eigenvalue weighted by molar-refractivity contribution is -0.0365. The summed E-state index contributed by atoms with van der Waals surface area (Å²) < 4.78 is 9.06. The van der Waals surface area contributed by atoms with Gasteiger partial charge in [0.15, 0.2) is 5.60 Å². The van der Waals surface area contributed by atoms with E-state index in [1.54, 1.807) is 41.7 Å². The summed E-state index contributed by atoms with van der Waals surface area (Å²) in [5.74, 6) is 0. The highest BCUT2D eigenvalue weighted by Crippen LogP contribution is 2.36. The molecule has 0 radical (unpaired) electrons. The van der Waals surface area contributed by atoms with Crippen LogP contribution in [-0.4, -0.2) is 54.6 Å². The molecular weight excluding hydrogens is 393 g/mol. The van der Waals surface area contributed by atoms with Crippen LogP contribution in [0, 0.1) is 0 Å². The molecular formula is C16H17Cl2N7O2. The Morgan fingerprint density at radius 1 is 1.11 bits per heavy atom. The first-order valence-corrected chi connectivity index (χ1v) is 8.66. The molecule has 3 rings (SSSR count). The molecule has 0 fully saturated rings. The van der Waals surface area contributed by atoms with E-state index in [9.17, 15) is 4.79 Å². The fraction of sp³-hybridized carbons (Fsp3) is 0.312. The van der Waals surface area contributed by atoms with E-state index >= 15 is 0 Å². The summed E-state index contributed by atoms with van der Waals surface area (Å²) in [6.45, 7) is 0.321. The van der Waals surface area contributed by atoms with Gasteiger partial charge in [0.1, 0.15) is 25.3 Å². The molecule has 0 aliphatic rings. The molecule has 0 saturated carbocycles. The van der Waals surface area contributed by atoms with Crippen molar-refractivity contribution in [3.05, 3.63) is 59.1 Å². The Kier molecular flexibility index (Phi) is 5.62. The van der Waals surface area contributed by atoms with Gasteiger partial charge in [0.25, 0.3) is 0 Å². The van der Waals surface area contributed by atoms with Gasteiger partial charge in [-0.2, -0.15) is 10.2 Å². The lowest BCUT2D eigenvalue weighted by Gasteiger charge is -2.35. The van der Waals surface area contributed by atoms with Crippen LogP contribution in [0.5, 0.6) is 0 Å². The van der Waals surface area contributed by atoms with Gasteiger partial charge in [-0.25, -0.2) is 24.1 Å². The zero-order valence-corrected chi connectivity index (χ0v) is 16.2. The SMILES string of the molecule is CN(C)C(=O)OC(Cn1cncn1)(Cn1cncn1)c1ccc(Cl)cc1Cl. The predicted molar refractivity (Wildman–Crippen MR) is 98.4 cm³/mol. The van der Waals surface area contributed by atoms with E-state index in [0.29, 0.717) is 15.6 Å². The van der Waals surface area contributed by atoms with E-state index in [-0.39, 0.29) is 13.1 Å². The first kappa shape index (κ1) is 19.1. The number of carbonyl (C=O) groups is 1. The largest absolute Gasteiger partial charge is 0.434 e. The number of benzene rings is 1. The fourth-order valence-electron chi connectivity index (χ4n) is 2.61. The van der Waals surface area contributed by atoms with Gasteiger partial charge in [0.2, 0.25) is 0 Å². The monoisotopic (exact) mass is 409 g/mol. The molecule has 2 heterocycles. The number of carbonyl (C=O) groups excluding carboxylic acids is 1. The number of ether oxygens (including phenoxy) is 1. The number of nitrogens with zero attached hydrogens (tertiary/aromatic N) is 7. The van der Waals surface area contributed by atoms with Gasteiger partial charge in [-0.1, -0.05) is 29.3 Å². The van der Waals surface area contributed by atoms with Crippen molar-refractivity contribution in [2.24, 2.45) is 0 Å². The van der Waals surface area contributed by atoms with Crippen LogP contribution < -0.4 is 0 Å². The maximum absolute atomic E-state index is 12.5. The highest BCUT2D eigenvalue weighted by atomic mass is 35.5. The van der Waals surface area contributed by atoms with E-state index in [1.165, 1.54) is 30.2 Å². The summed E-state index contributed by atoms with van der Waals surface area (Å²) in [5, 5.41) is 9.11. The molecule has 1 aromatic carbocycles. The minimum Gasteiger partial charge on any atom is -0.434 e. The van der Waals surface area contributed by atoms with E-state index in [4.69, 9.17) is 27.9 Å². The minimum absolute atomic E-state index is 0.161. The summed E-state index contributed by atoms with van der Waals surface area (Å²) in [5.41, 5.74) is -0.667. The summed E-state index contributed by atoms with van der Waals surface area (Å²) in [7, 11) is 3.20.